The predicted molar refractivity (Wildman–Crippen MR) is 118 cm³/mol. The second-order valence-electron chi connectivity index (χ2n) is 6.08. The second-order valence-corrected chi connectivity index (χ2v) is 7.98. The number of benzene rings is 2. The quantitative estimate of drug-likeness (QED) is 0.244. The standard InChI is InChI=1S/C21H21BrN4OS/c1-4-26(3)14-24-18-13-17(22)19(12-15(18)2)27-20-10-11-23-21(25-20)28-16-8-6-5-7-9-16/h5-14H,4H2,1-3H3/b24-14+. The van der Waals surface area contributed by atoms with E-state index in [4.69, 9.17) is 4.74 Å². The summed E-state index contributed by atoms with van der Waals surface area (Å²) in [6.45, 7) is 4.99. The Morgan fingerprint density at radius 1 is 1.21 bits per heavy atom. The topological polar surface area (TPSA) is 50.6 Å². The Hall–Kier alpha value is -2.38. The molecule has 5 nitrogen and oxygen atoms in total. The highest BCUT2D eigenvalue weighted by Crippen LogP contribution is 2.35. The van der Waals surface area contributed by atoms with E-state index in [0.717, 1.165) is 27.2 Å². The van der Waals surface area contributed by atoms with Gasteiger partial charge in [0.1, 0.15) is 5.75 Å². The summed E-state index contributed by atoms with van der Waals surface area (Å²) in [5.74, 6) is 1.19. The summed E-state index contributed by atoms with van der Waals surface area (Å²) in [5.41, 5.74) is 1.91. The summed E-state index contributed by atoms with van der Waals surface area (Å²) in [6, 6.07) is 15.7. The first-order chi connectivity index (χ1) is 13.5. The highest BCUT2D eigenvalue weighted by Gasteiger charge is 2.10. The lowest BCUT2D eigenvalue weighted by molar-refractivity contribution is 0.452. The van der Waals surface area contributed by atoms with Gasteiger partial charge in [-0.15, -0.1) is 0 Å². The number of aryl methyl sites for hydroxylation is 1. The van der Waals surface area contributed by atoms with Crippen molar-refractivity contribution in [3.63, 3.8) is 0 Å². The molecule has 0 amide bonds. The van der Waals surface area contributed by atoms with Gasteiger partial charge in [-0.05, 0) is 71.4 Å². The number of ether oxygens (including phenoxy) is 1. The normalized spacial score (nSPS) is 11.0. The molecule has 1 heterocycles. The minimum absolute atomic E-state index is 0.496. The van der Waals surface area contributed by atoms with Gasteiger partial charge in [-0.1, -0.05) is 18.2 Å². The van der Waals surface area contributed by atoms with Crippen LogP contribution in [0.4, 0.5) is 5.69 Å². The Morgan fingerprint density at radius 2 is 2.00 bits per heavy atom. The number of nitrogens with zero attached hydrogens (tertiary/aromatic N) is 4. The van der Waals surface area contributed by atoms with E-state index in [0.29, 0.717) is 16.8 Å². The van der Waals surface area contributed by atoms with Crippen LogP contribution in [-0.4, -0.2) is 34.8 Å². The molecule has 2 aromatic carbocycles. The fourth-order valence-corrected chi connectivity index (χ4v) is 3.41. The molecule has 0 aliphatic carbocycles. The van der Waals surface area contributed by atoms with Gasteiger partial charge in [0.25, 0.3) is 0 Å². The fourth-order valence-electron chi connectivity index (χ4n) is 2.24. The van der Waals surface area contributed by atoms with Crippen molar-refractivity contribution in [2.45, 2.75) is 23.9 Å². The highest BCUT2D eigenvalue weighted by molar-refractivity contribution is 9.10. The van der Waals surface area contributed by atoms with E-state index < -0.39 is 0 Å². The summed E-state index contributed by atoms with van der Waals surface area (Å²) < 4.78 is 6.82. The van der Waals surface area contributed by atoms with Crippen LogP contribution in [-0.2, 0) is 0 Å². The van der Waals surface area contributed by atoms with E-state index in [2.05, 4.69) is 37.8 Å². The Kier molecular flexibility index (Phi) is 7.06. The first kappa shape index (κ1) is 20.4. The molecule has 144 valence electrons. The second kappa shape index (κ2) is 9.71. The third kappa shape index (κ3) is 5.56. The Bertz CT molecular complexity index is 966. The maximum atomic E-state index is 6.00. The maximum absolute atomic E-state index is 6.00. The summed E-state index contributed by atoms with van der Waals surface area (Å²) in [5, 5.41) is 0.639. The smallest absolute Gasteiger partial charge is 0.223 e. The van der Waals surface area contributed by atoms with Gasteiger partial charge in [0, 0.05) is 30.8 Å². The average molecular weight is 457 g/mol. The van der Waals surface area contributed by atoms with Crippen molar-refractivity contribution in [2.75, 3.05) is 13.6 Å². The molecule has 3 aromatic rings. The van der Waals surface area contributed by atoms with Crippen LogP contribution in [0, 0.1) is 6.92 Å². The molecule has 3 rings (SSSR count). The van der Waals surface area contributed by atoms with E-state index in [1.54, 1.807) is 12.3 Å². The molecule has 0 spiro atoms. The van der Waals surface area contributed by atoms with Gasteiger partial charge in [0.15, 0.2) is 5.16 Å². The van der Waals surface area contributed by atoms with Crippen molar-refractivity contribution in [1.82, 2.24) is 14.9 Å². The zero-order valence-corrected chi connectivity index (χ0v) is 18.4. The third-order valence-corrected chi connectivity index (χ3v) is 5.42. The van der Waals surface area contributed by atoms with Crippen molar-refractivity contribution in [3.8, 4) is 11.6 Å². The van der Waals surface area contributed by atoms with Gasteiger partial charge in [-0.25, -0.2) is 9.98 Å². The molecule has 0 saturated carbocycles. The maximum Gasteiger partial charge on any atom is 0.223 e. The molecule has 7 heteroatoms. The third-order valence-electron chi connectivity index (χ3n) is 3.92. The van der Waals surface area contributed by atoms with Crippen LogP contribution < -0.4 is 4.74 Å². The lowest BCUT2D eigenvalue weighted by atomic mass is 10.2. The number of hydrogen-bond acceptors (Lipinski definition) is 5. The minimum atomic E-state index is 0.496. The number of rotatable bonds is 7. The van der Waals surface area contributed by atoms with E-state index in [9.17, 15) is 0 Å². The van der Waals surface area contributed by atoms with Crippen LogP contribution in [0.2, 0.25) is 0 Å². The number of aromatic nitrogens is 2. The van der Waals surface area contributed by atoms with Crippen molar-refractivity contribution >= 4 is 39.7 Å². The Labute approximate surface area is 178 Å². The first-order valence-corrected chi connectivity index (χ1v) is 10.4. The van der Waals surface area contributed by atoms with Crippen molar-refractivity contribution in [1.29, 1.82) is 0 Å². The molecule has 28 heavy (non-hydrogen) atoms. The zero-order chi connectivity index (χ0) is 19.9. The average Bonchev–Trinajstić information content (AvgIpc) is 2.70. The molecular formula is C21H21BrN4OS. The first-order valence-electron chi connectivity index (χ1n) is 8.83. The number of halogens is 1. The fraction of sp³-hybridized carbons (Fsp3) is 0.190. The van der Waals surface area contributed by atoms with Crippen LogP contribution >= 0.6 is 27.7 Å². The molecule has 0 unspecified atom stereocenters. The van der Waals surface area contributed by atoms with Gasteiger partial charge in [0.2, 0.25) is 5.88 Å². The summed E-state index contributed by atoms with van der Waals surface area (Å²) in [7, 11) is 1.99. The largest absolute Gasteiger partial charge is 0.438 e. The molecular weight excluding hydrogens is 436 g/mol. The zero-order valence-electron chi connectivity index (χ0n) is 16.0. The van der Waals surface area contributed by atoms with Gasteiger partial charge < -0.3 is 9.64 Å². The van der Waals surface area contributed by atoms with Crippen LogP contribution in [0.3, 0.4) is 0 Å². The molecule has 0 atom stereocenters. The molecule has 0 aliphatic heterocycles. The highest BCUT2D eigenvalue weighted by atomic mass is 79.9. The van der Waals surface area contributed by atoms with Crippen LogP contribution in [0.25, 0.3) is 0 Å². The van der Waals surface area contributed by atoms with E-state index in [1.165, 1.54) is 11.8 Å². The molecule has 0 bridgehead atoms. The van der Waals surface area contributed by atoms with Gasteiger partial charge in [0.05, 0.1) is 16.5 Å². The van der Waals surface area contributed by atoms with Crippen LogP contribution in [0.1, 0.15) is 12.5 Å². The lowest BCUT2D eigenvalue weighted by Gasteiger charge is -2.12. The summed E-state index contributed by atoms with van der Waals surface area (Å²) in [4.78, 5) is 16.4. The molecule has 0 aliphatic rings. The molecule has 0 saturated heterocycles. The SMILES string of the molecule is CCN(C)/C=N/c1cc(Br)c(Oc2ccnc(Sc3ccccc3)n2)cc1C. The van der Waals surface area contributed by atoms with E-state index >= 15 is 0 Å². The predicted octanol–water partition coefficient (Wildman–Crippen LogP) is 6.10. The monoisotopic (exact) mass is 456 g/mol. The van der Waals surface area contributed by atoms with Gasteiger partial charge in [-0.3, -0.25) is 0 Å². The van der Waals surface area contributed by atoms with Crippen LogP contribution in [0.15, 0.2) is 74.2 Å². The number of hydrogen-bond donors (Lipinski definition) is 0. The van der Waals surface area contributed by atoms with Crippen molar-refractivity contribution in [2.24, 2.45) is 4.99 Å². The van der Waals surface area contributed by atoms with Crippen molar-refractivity contribution in [3.05, 3.63) is 64.8 Å². The molecule has 0 N–H and O–H groups in total. The molecule has 0 radical (unpaired) electrons. The summed E-state index contributed by atoms with van der Waals surface area (Å²) >= 11 is 5.07. The van der Waals surface area contributed by atoms with Gasteiger partial charge >= 0.3 is 0 Å². The van der Waals surface area contributed by atoms with Gasteiger partial charge in [-0.2, -0.15) is 4.98 Å². The minimum Gasteiger partial charge on any atom is -0.438 e. The Balaban J connectivity index is 1.77. The van der Waals surface area contributed by atoms with E-state index in [1.807, 2.05) is 67.7 Å². The summed E-state index contributed by atoms with van der Waals surface area (Å²) in [6.07, 6.45) is 3.53. The van der Waals surface area contributed by atoms with Crippen molar-refractivity contribution < 1.29 is 4.74 Å². The van der Waals surface area contributed by atoms with E-state index in [-0.39, 0.29) is 0 Å². The van der Waals surface area contributed by atoms with Crippen LogP contribution in [0.5, 0.6) is 11.6 Å². The number of aliphatic imine (C=N–C) groups is 1. The Morgan fingerprint density at radius 3 is 2.75 bits per heavy atom. The molecule has 0 fully saturated rings. The molecule has 1 aromatic heterocycles. The lowest BCUT2D eigenvalue weighted by Crippen LogP contribution is -2.14.